The van der Waals surface area contributed by atoms with E-state index < -0.39 is 0 Å². The molecular weight excluding hydrogens is 379 g/mol. The van der Waals surface area contributed by atoms with E-state index in [0.29, 0.717) is 25.2 Å². The molecule has 1 fully saturated rings. The highest BCUT2D eigenvalue weighted by Gasteiger charge is 2.37. The van der Waals surface area contributed by atoms with E-state index in [0.717, 1.165) is 28.8 Å². The molecule has 0 unspecified atom stereocenters. The summed E-state index contributed by atoms with van der Waals surface area (Å²) < 4.78 is 15.1. The molecule has 2 aliphatic heterocycles. The van der Waals surface area contributed by atoms with Gasteiger partial charge in [-0.05, 0) is 66.8 Å². The Hall–Kier alpha value is -3.21. The Morgan fingerprint density at radius 3 is 2.47 bits per heavy atom. The Labute approximate surface area is 174 Å². The van der Waals surface area contributed by atoms with Crippen molar-refractivity contribution in [1.82, 2.24) is 9.47 Å². The highest BCUT2D eigenvalue weighted by Crippen LogP contribution is 2.36. The summed E-state index contributed by atoms with van der Waals surface area (Å²) in [5.74, 6) is -0.0390. The molecule has 5 heteroatoms. The molecule has 1 saturated heterocycles. The lowest BCUT2D eigenvalue weighted by atomic mass is 9.82. The van der Waals surface area contributed by atoms with Crippen molar-refractivity contribution in [3.05, 3.63) is 93.7 Å². The van der Waals surface area contributed by atoms with E-state index in [1.54, 1.807) is 0 Å². The van der Waals surface area contributed by atoms with Crippen LogP contribution in [-0.2, 0) is 6.54 Å². The van der Waals surface area contributed by atoms with Gasteiger partial charge in [-0.25, -0.2) is 4.39 Å². The lowest BCUT2D eigenvalue weighted by Gasteiger charge is -2.43. The Balaban J connectivity index is 1.47. The van der Waals surface area contributed by atoms with Crippen LogP contribution < -0.4 is 5.56 Å². The maximum atomic E-state index is 13.3. The first-order valence-electron chi connectivity index (χ1n) is 10.4. The molecule has 0 N–H and O–H groups in total. The molecule has 2 aromatic carbocycles. The van der Waals surface area contributed by atoms with E-state index in [9.17, 15) is 14.0 Å². The molecule has 3 heterocycles. The smallest absolute Gasteiger partial charge is 0.258 e. The summed E-state index contributed by atoms with van der Waals surface area (Å²) in [6.07, 6.45) is 0.982. The largest absolute Gasteiger partial charge is 0.338 e. The van der Waals surface area contributed by atoms with Gasteiger partial charge in [-0.1, -0.05) is 24.3 Å². The second-order valence-corrected chi connectivity index (χ2v) is 8.42. The number of carbonyl (C=O) groups is 1. The van der Waals surface area contributed by atoms with Crippen LogP contribution in [0, 0.1) is 18.7 Å². The van der Waals surface area contributed by atoms with E-state index in [-0.39, 0.29) is 29.1 Å². The minimum Gasteiger partial charge on any atom is -0.338 e. The van der Waals surface area contributed by atoms with Gasteiger partial charge in [0.05, 0.1) is 0 Å². The number of benzene rings is 2. The maximum Gasteiger partial charge on any atom is 0.258 e. The fourth-order valence-corrected chi connectivity index (χ4v) is 4.97. The standard InChI is InChI=1S/C25H23FN2O2/c1-16-4-2-3-5-21(16)22-10-11-23-19-12-17(14-28(23)25(22)30)13-27(15-19)24(29)18-6-8-20(26)9-7-18/h2-11,17,19H,12-15H2,1H3/t17-,19+/m0/s1. The molecule has 30 heavy (non-hydrogen) atoms. The topological polar surface area (TPSA) is 42.3 Å². The van der Waals surface area contributed by atoms with Gasteiger partial charge in [-0.2, -0.15) is 0 Å². The molecule has 3 aromatic rings. The summed E-state index contributed by atoms with van der Waals surface area (Å²) in [6, 6.07) is 17.6. The quantitative estimate of drug-likeness (QED) is 0.644. The number of fused-ring (bicyclic) bond motifs is 4. The molecule has 2 aliphatic rings. The van der Waals surface area contributed by atoms with Crippen LogP contribution in [0.1, 0.15) is 34.0 Å². The number of likely N-dealkylation sites (tertiary alicyclic amines) is 1. The van der Waals surface area contributed by atoms with Crippen LogP contribution in [-0.4, -0.2) is 28.5 Å². The van der Waals surface area contributed by atoms with Crippen LogP contribution in [0.5, 0.6) is 0 Å². The number of hydrogen-bond donors (Lipinski definition) is 0. The number of carbonyl (C=O) groups excluding carboxylic acids is 1. The van der Waals surface area contributed by atoms with Gasteiger partial charge in [-0.3, -0.25) is 9.59 Å². The third-order valence-corrected chi connectivity index (χ3v) is 6.42. The fraction of sp³-hybridized carbons (Fsp3) is 0.280. The van der Waals surface area contributed by atoms with Crippen molar-refractivity contribution in [1.29, 1.82) is 0 Å². The monoisotopic (exact) mass is 402 g/mol. The first kappa shape index (κ1) is 18.8. The van der Waals surface area contributed by atoms with Crippen LogP contribution in [0.2, 0.25) is 0 Å². The molecule has 0 radical (unpaired) electrons. The van der Waals surface area contributed by atoms with E-state index >= 15 is 0 Å². The van der Waals surface area contributed by atoms with E-state index in [1.807, 2.05) is 46.7 Å². The van der Waals surface area contributed by atoms with Gasteiger partial charge in [0.15, 0.2) is 0 Å². The molecule has 1 amide bonds. The van der Waals surface area contributed by atoms with Crippen molar-refractivity contribution in [2.45, 2.75) is 25.8 Å². The molecule has 0 aliphatic carbocycles. The zero-order valence-corrected chi connectivity index (χ0v) is 16.8. The summed E-state index contributed by atoms with van der Waals surface area (Å²) >= 11 is 0. The number of halogens is 1. The normalized spacial score (nSPS) is 20.0. The molecule has 152 valence electrons. The highest BCUT2D eigenvalue weighted by atomic mass is 19.1. The molecule has 4 nitrogen and oxygen atoms in total. The van der Waals surface area contributed by atoms with Gasteiger partial charge in [0.2, 0.25) is 0 Å². The van der Waals surface area contributed by atoms with Crippen molar-refractivity contribution in [3.63, 3.8) is 0 Å². The van der Waals surface area contributed by atoms with Crippen LogP contribution in [0.25, 0.3) is 11.1 Å². The van der Waals surface area contributed by atoms with Gasteiger partial charge in [-0.15, -0.1) is 0 Å². The van der Waals surface area contributed by atoms with Gasteiger partial charge < -0.3 is 9.47 Å². The maximum absolute atomic E-state index is 13.3. The van der Waals surface area contributed by atoms with Crippen molar-refractivity contribution in [3.8, 4) is 11.1 Å². The van der Waals surface area contributed by atoms with Crippen LogP contribution in [0.3, 0.4) is 0 Å². The number of pyridine rings is 1. The van der Waals surface area contributed by atoms with Crippen LogP contribution in [0.4, 0.5) is 4.39 Å². The van der Waals surface area contributed by atoms with Gasteiger partial charge in [0.25, 0.3) is 11.5 Å². The zero-order chi connectivity index (χ0) is 20.8. The summed E-state index contributed by atoms with van der Waals surface area (Å²) in [6.45, 7) is 3.84. The lowest BCUT2D eigenvalue weighted by molar-refractivity contribution is 0.0594. The predicted molar refractivity (Wildman–Crippen MR) is 114 cm³/mol. The van der Waals surface area contributed by atoms with Crippen molar-refractivity contribution in [2.24, 2.45) is 5.92 Å². The SMILES string of the molecule is Cc1ccccc1-c1ccc2n(c1=O)C[C@H]1C[C@@H]2CN(C(=O)c2ccc(F)cc2)C1. The number of amides is 1. The van der Waals surface area contributed by atoms with Gasteiger partial charge >= 0.3 is 0 Å². The second kappa shape index (κ2) is 7.24. The zero-order valence-electron chi connectivity index (χ0n) is 16.8. The number of aromatic nitrogens is 1. The molecule has 5 rings (SSSR count). The van der Waals surface area contributed by atoms with Gasteiger partial charge in [0, 0.05) is 42.4 Å². The molecule has 2 atom stereocenters. The first-order chi connectivity index (χ1) is 14.5. The Morgan fingerprint density at radius 2 is 1.70 bits per heavy atom. The molecule has 0 spiro atoms. The first-order valence-corrected chi connectivity index (χ1v) is 10.4. The molecule has 0 saturated carbocycles. The number of aryl methyl sites for hydroxylation is 1. The minimum absolute atomic E-state index is 0.0508. The van der Waals surface area contributed by atoms with Crippen LogP contribution in [0.15, 0.2) is 65.5 Å². The molecule has 2 bridgehead atoms. The number of piperidine rings is 1. The van der Waals surface area contributed by atoms with Crippen molar-refractivity contribution in [2.75, 3.05) is 13.1 Å². The molecular formula is C25H23FN2O2. The fourth-order valence-electron chi connectivity index (χ4n) is 4.97. The summed E-state index contributed by atoms with van der Waals surface area (Å²) in [5, 5.41) is 0. The van der Waals surface area contributed by atoms with Crippen molar-refractivity contribution >= 4 is 5.91 Å². The third-order valence-electron chi connectivity index (χ3n) is 6.42. The van der Waals surface area contributed by atoms with Gasteiger partial charge in [0.1, 0.15) is 5.82 Å². The van der Waals surface area contributed by atoms with E-state index in [4.69, 9.17) is 0 Å². The third kappa shape index (κ3) is 3.15. The second-order valence-electron chi connectivity index (χ2n) is 8.42. The summed E-state index contributed by atoms with van der Waals surface area (Å²) in [4.78, 5) is 28.1. The summed E-state index contributed by atoms with van der Waals surface area (Å²) in [5.41, 5.74) is 4.35. The Kier molecular flexibility index (Phi) is 4.54. The average molecular weight is 402 g/mol. The highest BCUT2D eigenvalue weighted by molar-refractivity contribution is 5.94. The Bertz CT molecular complexity index is 1180. The van der Waals surface area contributed by atoms with E-state index in [1.165, 1.54) is 24.3 Å². The lowest BCUT2D eigenvalue weighted by Crippen LogP contribution is -2.49. The summed E-state index contributed by atoms with van der Waals surface area (Å²) in [7, 11) is 0. The van der Waals surface area contributed by atoms with Crippen molar-refractivity contribution < 1.29 is 9.18 Å². The van der Waals surface area contributed by atoms with Crippen LogP contribution >= 0.6 is 0 Å². The number of rotatable bonds is 2. The predicted octanol–water partition coefficient (Wildman–Crippen LogP) is 4.22. The number of nitrogens with zero attached hydrogens (tertiary/aromatic N) is 2. The minimum atomic E-state index is -0.347. The molecule has 1 aromatic heterocycles. The number of hydrogen-bond acceptors (Lipinski definition) is 2. The van der Waals surface area contributed by atoms with E-state index in [2.05, 4.69) is 6.07 Å². The Morgan fingerprint density at radius 1 is 0.933 bits per heavy atom. The average Bonchev–Trinajstić information content (AvgIpc) is 2.75.